The minimum Gasteiger partial charge on any atom is -0.421 e. The van der Waals surface area contributed by atoms with Crippen LogP contribution in [0.5, 0.6) is 0 Å². The van der Waals surface area contributed by atoms with Crippen LogP contribution in [-0.4, -0.2) is 45.8 Å². The number of benzene rings is 2. The number of likely N-dealkylation sites (tertiary alicyclic amines) is 1. The topological polar surface area (TPSA) is 79.5 Å². The second kappa shape index (κ2) is 9.01. The minimum absolute atomic E-state index is 0.0788. The molecule has 0 spiro atoms. The van der Waals surface area contributed by atoms with Crippen molar-refractivity contribution in [1.29, 1.82) is 0 Å². The van der Waals surface area contributed by atoms with Crippen LogP contribution >= 0.6 is 0 Å². The fraction of sp³-hybridized carbons (Fsp3) is 0.348. The third kappa shape index (κ3) is 4.71. The van der Waals surface area contributed by atoms with E-state index in [9.17, 15) is 9.90 Å². The molecule has 1 saturated heterocycles. The van der Waals surface area contributed by atoms with E-state index in [2.05, 4.69) is 22.3 Å². The molecule has 1 fully saturated rings. The number of piperidine rings is 1. The van der Waals surface area contributed by atoms with Gasteiger partial charge < -0.3 is 14.4 Å². The molecule has 2 aromatic carbocycles. The number of aliphatic hydroxyl groups excluding tert-OH is 1. The summed E-state index contributed by atoms with van der Waals surface area (Å²) in [5.74, 6) is 1.21. The molecule has 6 heteroatoms. The van der Waals surface area contributed by atoms with Gasteiger partial charge >= 0.3 is 0 Å². The average Bonchev–Trinajstić information content (AvgIpc) is 3.27. The maximum atomic E-state index is 12.4. The predicted molar refractivity (Wildman–Crippen MR) is 110 cm³/mol. The Labute approximate surface area is 170 Å². The number of hydrogen-bond acceptors (Lipinski definition) is 5. The van der Waals surface area contributed by atoms with Crippen molar-refractivity contribution >= 4 is 5.91 Å². The van der Waals surface area contributed by atoms with Crippen molar-refractivity contribution in [3.05, 3.63) is 60.5 Å². The molecule has 3 aromatic rings. The van der Waals surface area contributed by atoms with E-state index in [1.807, 2.05) is 47.4 Å². The normalized spacial score (nSPS) is 16.7. The molecule has 1 aliphatic rings. The maximum absolute atomic E-state index is 12.4. The second-order valence-corrected chi connectivity index (χ2v) is 7.47. The molecule has 6 nitrogen and oxygen atoms in total. The quantitative estimate of drug-likeness (QED) is 0.695. The van der Waals surface area contributed by atoms with Crippen molar-refractivity contribution in [1.82, 2.24) is 15.1 Å². The fourth-order valence-corrected chi connectivity index (χ4v) is 3.72. The summed E-state index contributed by atoms with van der Waals surface area (Å²) >= 11 is 0. The number of carbonyl (C=O) groups excluding carboxylic acids is 1. The minimum atomic E-state index is 0.0788. The summed E-state index contributed by atoms with van der Waals surface area (Å²) in [7, 11) is 0. The molecule has 1 N–H and O–H groups in total. The van der Waals surface area contributed by atoms with Gasteiger partial charge in [0.05, 0.1) is 0 Å². The number of aromatic nitrogens is 2. The number of aryl methyl sites for hydroxylation is 1. The van der Waals surface area contributed by atoms with Crippen LogP contribution in [0.1, 0.15) is 25.2 Å². The SMILES string of the molecule is O=C(CCc1nnc(-c2ccc(-c3ccccc3)cc2)o1)N1CCC[C@H](CO)C1. The highest BCUT2D eigenvalue weighted by Crippen LogP contribution is 2.24. The monoisotopic (exact) mass is 391 g/mol. The van der Waals surface area contributed by atoms with Crippen LogP contribution in [-0.2, 0) is 11.2 Å². The van der Waals surface area contributed by atoms with Crippen molar-refractivity contribution < 1.29 is 14.3 Å². The standard InChI is InChI=1S/C23H25N3O3/c27-16-17-5-4-14-26(15-17)22(28)13-12-21-24-25-23(29-21)20-10-8-19(9-11-20)18-6-2-1-3-7-18/h1-3,6-11,17,27H,4-5,12-16H2/t17-/m0/s1. The van der Waals surface area contributed by atoms with Crippen LogP contribution in [0.15, 0.2) is 59.0 Å². The lowest BCUT2D eigenvalue weighted by Crippen LogP contribution is -2.41. The summed E-state index contributed by atoms with van der Waals surface area (Å²) in [5.41, 5.74) is 3.14. The van der Waals surface area contributed by atoms with E-state index in [-0.39, 0.29) is 18.4 Å². The predicted octanol–water partition coefficient (Wildman–Crippen LogP) is 3.57. The van der Waals surface area contributed by atoms with Crippen molar-refractivity contribution in [2.24, 2.45) is 5.92 Å². The van der Waals surface area contributed by atoms with Gasteiger partial charge in [0.1, 0.15) is 0 Å². The van der Waals surface area contributed by atoms with E-state index < -0.39 is 0 Å². The zero-order chi connectivity index (χ0) is 20.1. The summed E-state index contributed by atoms with van der Waals surface area (Å²) in [6, 6.07) is 18.2. The summed E-state index contributed by atoms with van der Waals surface area (Å²) in [6.07, 6.45) is 2.69. The first-order chi connectivity index (χ1) is 14.2. The van der Waals surface area contributed by atoms with Gasteiger partial charge in [-0.25, -0.2) is 0 Å². The number of rotatable bonds is 6. The second-order valence-electron chi connectivity index (χ2n) is 7.47. The lowest BCUT2D eigenvalue weighted by Gasteiger charge is -2.31. The zero-order valence-corrected chi connectivity index (χ0v) is 16.3. The van der Waals surface area contributed by atoms with Crippen molar-refractivity contribution in [3.63, 3.8) is 0 Å². The molecule has 1 amide bonds. The molecule has 0 radical (unpaired) electrons. The van der Waals surface area contributed by atoms with Crippen molar-refractivity contribution in [2.45, 2.75) is 25.7 Å². The molecule has 2 heterocycles. The Balaban J connectivity index is 1.35. The third-order valence-electron chi connectivity index (χ3n) is 5.39. The summed E-state index contributed by atoms with van der Waals surface area (Å²) < 4.78 is 5.76. The van der Waals surface area contributed by atoms with Crippen LogP contribution in [0.3, 0.4) is 0 Å². The summed E-state index contributed by atoms with van der Waals surface area (Å²) in [5, 5.41) is 17.5. The fourth-order valence-electron chi connectivity index (χ4n) is 3.72. The Hall–Kier alpha value is -2.99. The van der Waals surface area contributed by atoms with Gasteiger partial charge in [-0.2, -0.15) is 0 Å². The van der Waals surface area contributed by atoms with Gasteiger partial charge in [-0.1, -0.05) is 42.5 Å². The van der Waals surface area contributed by atoms with Gasteiger partial charge in [-0.3, -0.25) is 4.79 Å². The van der Waals surface area contributed by atoms with E-state index >= 15 is 0 Å². The Kier molecular flexibility index (Phi) is 6.00. The van der Waals surface area contributed by atoms with E-state index in [1.165, 1.54) is 0 Å². The number of amides is 1. The Morgan fingerprint density at radius 1 is 1.03 bits per heavy atom. The Morgan fingerprint density at radius 2 is 1.76 bits per heavy atom. The number of aliphatic hydroxyl groups is 1. The van der Waals surface area contributed by atoms with Gasteiger partial charge in [0, 0.05) is 38.1 Å². The maximum Gasteiger partial charge on any atom is 0.247 e. The number of nitrogens with zero attached hydrogens (tertiary/aromatic N) is 3. The molecule has 1 aromatic heterocycles. The first-order valence-electron chi connectivity index (χ1n) is 10.1. The van der Waals surface area contributed by atoms with Crippen LogP contribution < -0.4 is 0 Å². The van der Waals surface area contributed by atoms with Crippen molar-refractivity contribution in [2.75, 3.05) is 19.7 Å². The Bertz CT molecular complexity index is 938. The zero-order valence-electron chi connectivity index (χ0n) is 16.3. The number of hydrogen-bond donors (Lipinski definition) is 1. The molecule has 0 bridgehead atoms. The van der Waals surface area contributed by atoms with Gasteiger partial charge in [-0.05, 0) is 42.0 Å². The first-order valence-corrected chi connectivity index (χ1v) is 10.1. The molecular formula is C23H25N3O3. The van der Waals surface area contributed by atoms with Crippen LogP contribution in [0.2, 0.25) is 0 Å². The van der Waals surface area contributed by atoms with E-state index in [4.69, 9.17) is 4.42 Å². The molecule has 4 rings (SSSR count). The molecule has 0 aliphatic carbocycles. The molecule has 0 saturated carbocycles. The van der Waals surface area contributed by atoms with Gasteiger partial charge in [0.25, 0.3) is 0 Å². The van der Waals surface area contributed by atoms with Crippen molar-refractivity contribution in [3.8, 4) is 22.6 Å². The van der Waals surface area contributed by atoms with E-state index in [1.54, 1.807) is 0 Å². The van der Waals surface area contributed by atoms with Gasteiger partial charge in [0.2, 0.25) is 17.7 Å². The first kappa shape index (κ1) is 19.3. The molecule has 1 aliphatic heterocycles. The van der Waals surface area contributed by atoms with E-state index in [0.29, 0.717) is 31.2 Å². The van der Waals surface area contributed by atoms with Crippen LogP contribution in [0.4, 0.5) is 0 Å². The lowest BCUT2D eigenvalue weighted by atomic mass is 9.99. The van der Waals surface area contributed by atoms with Crippen LogP contribution in [0, 0.1) is 5.92 Å². The third-order valence-corrected chi connectivity index (χ3v) is 5.39. The highest BCUT2D eigenvalue weighted by atomic mass is 16.4. The smallest absolute Gasteiger partial charge is 0.247 e. The average molecular weight is 391 g/mol. The van der Waals surface area contributed by atoms with Gasteiger partial charge in [0.15, 0.2) is 0 Å². The van der Waals surface area contributed by atoms with Crippen LogP contribution in [0.25, 0.3) is 22.6 Å². The molecule has 150 valence electrons. The molecular weight excluding hydrogens is 366 g/mol. The highest BCUT2D eigenvalue weighted by molar-refractivity contribution is 5.76. The molecule has 29 heavy (non-hydrogen) atoms. The van der Waals surface area contributed by atoms with Gasteiger partial charge in [-0.15, -0.1) is 10.2 Å². The number of carbonyl (C=O) groups is 1. The van der Waals surface area contributed by atoms with E-state index in [0.717, 1.165) is 36.1 Å². The molecule has 1 atom stereocenters. The largest absolute Gasteiger partial charge is 0.421 e. The summed E-state index contributed by atoms with van der Waals surface area (Å²) in [4.78, 5) is 14.3. The Morgan fingerprint density at radius 3 is 2.52 bits per heavy atom. The molecule has 0 unspecified atom stereocenters. The lowest BCUT2D eigenvalue weighted by molar-refractivity contribution is -0.133. The summed E-state index contributed by atoms with van der Waals surface area (Å²) in [6.45, 7) is 1.54. The highest BCUT2D eigenvalue weighted by Gasteiger charge is 2.23.